The van der Waals surface area contributed by atoms with Gasteiger partial charge in [0.25, 0.3) is 0 Å². The molecule has 1 aliphatic rings. The van der Waals surface area contributed by atoms with Gasteiger partial charge in [0.05, 0.1) is 23.8 Å². The molecule has 3 aromatic rings. The van der Waals surface area contributed by atoms with Crippen LogP contribution in [0.15, 0.2) is 36.4 Å². The SMILES string of the molecule is COc1ccc2nc(N)n(-c3ccc4c(c3)OCO4)c2c1. The molecule has 1 aromatic heterocycles. The van der Waals surface area contributed by atoms with Crippen LogP contribution < -0.4 is 19.9 Å². The Hall–Kier alpha value is -2.89. The second-order valence-electron chi connectivity index (χ2n) is 4.70. The van der Waals surface area contributed by atoms with Gasteiger partial charge in [0.1, 0.15) is 5.75 Å². The first-order valence-electron chi connectivity index (χ1n) is 6.48. The van der Waals surface area contributed by atoms with Crippen LogP contribution in [0.2, 0.25) is 0 Å². The summed E-state index contributed by atoms with van der Waals surface area (Å²) >= 11 is 0. The van der Waals surface area contributed by atoms with Gasteiger partial charge in [-0.3, -0.25) is 4.57 Å². The number of ether oxygens (including phenoxy) is 3. The zero-order chi connectivity index (χ0) is 14.4. The van der Waals surface area contributed by atoms with Gasteiger partial charge in [-0.25, -0.2) is 4.98 Å². The van der Waals surface area contributed by atoms with Crippen LogP contribution >= 0.6 is 0 Å². The molecule has 0 spiro atoms. The lowest BCUT2D eigenvalue weighted by atomic mass is 10.2. The molecule has 2 N–H and O–H groups in total. The van der Waals surface area contributed by atoms with Crippen molar-refractivity contribution in [3.8, 4) is 22.9 Å². The standard InChI is InChI=1S/C15H13N3O3/c1-19-10-3-4-11-12(7-10)18(15(16)17-11)9-2-5-13-14(6-9)21-8-20-13/h2-7H,8H2,1H3,(H2,16,17). The van der Waals surface area contributed by atoms with Crippen LogP contribution in [0.5, 0.6) is 17.2 Å². The van der Waals surface area contributed by atoms with Crippen LogP contribution in [0.25, 0.3) is 16.7 Å². The molecule has 0 aliphatic carbocycles. The minimum absolute atomic E-state index is 0.243. The first-order valence-corrected chi connectivity index (χ1v) is 6.48. The van der Waals surface area contributed by atoms with Crippen LogP contribution in [-0.2, 0) is 0 Å². The van der Waals surface area contributed by atoms with E-state index in [1.807, 2.05) is 41.0 Å². The van der Waals surface area contributed by atoms with Crippen molar-refractivity contribution in [2.24, 2.45) is 0 Å². The molecular weight excluding hydrogens is 270 g/mol. The van der Waals surface area contributed by atoms with Crippen molar-refractivity contribution < 1.29 is 14.2 Å². The Bertz CT molecular complexity index is 842. The van der Waals surface area contributed by atoms with Crippen molar-refractivity contribution in [3.63, 3.8) is 0 Å². The highest BCUT2D eigenvalue weighted by Crippen LogP contribution is 2.35. The number of hydrogen-bond donors (Lipinski definition) is 1. The van der Waals surface area contributed by atoms with Crippen LogP contribution in [-0.4, -0.2) is 23.5 Å². The molecular formula is C15H13N3O3. The van der Waals surface area contributed by atoms with E-state index in [-0.39, 0.29) is 6.79 Å². The number of fused-ring (bicyclic) bond motifs is 2. The number of anilines is 1. The highest BCUT2D eigenvalue weighted by atomic mass is 16.7. The fourth-order valence-corrected chi connectivity index (χ4v) is 2.50. The number of nitrogen functional groups attached to an aromatic ring is 1. The Morgan fingerprint density at radius 2 is 2.00 bits per heavy atom. The number of rotatable bonds is 2. The summed E-state index contributed by atoms with van der Waals surface area (Å²) in [7, 11) is 1.63. The third kappa shape index (κ3) is 1.76. The number of nitrogens with two attached hydrogens (primary N) is 1. The van der Waals surface area contributed by atoms with Crippen LogP contribution in [0.4, 0.5) is 5.95 Å². The summed E-state index contributed by atoms with van der Waals surface area (Å²) in [6.07, 6.45) is 0. The zero-order valence-corrected chi connectivity index (χ0v) is 11.4. The van der Waals surface area contributed by atoms with Gasteiger partial charge < -0.3 is 19.9 Å². The molecule has 2 heterocycles. The second kappa shape index (κ2) is 4.31. The van der Waals surface area contributed by atoms with Crippen molar-refractivity contribution in [3.05, 3.63) is 36.4 Å². The zero-order valence-electron chi connectivity index (χ0n) is 11.4. The molecule has 0 bridgehead atoms. The second-order valence-corrected chi connectivity index (χ2v) is 4.70. The molecule has 1 aliphatic heterocycles. The normalized spacial score (nSPS) is 12.8. The Kier molecular flexibility index (Phi) is 2.44. The first kappa shape index (κ1) is 11.9. The van der Waals surface area contributed by atoms with E-state index in [9.17, 15) is 0 Å². The Morgan fingerprint density at radius 3 is 2.86 bits per heavy atom. The van der Waals surface area contributed by atoms with E-state index < -0.39 is 0 Å². The number of aromatic nitrogens is 2. The molecule has 0 atom stereocenters. The van der Waals surface area contributed by atoms with E-state index in [2.05, 4.69) is 4.98 Å². The number of benzene rings is 2. The predicted molar refractivity (Wildman–Crippen MR) is 78.2 cm³/mol. The van der Waals surface area contributed by atoms with Crippen LogP contribution in [0.3, 0.4) is 0 Å². The van der Waals surface area contributed by atoms with Crippen molar-refractivity contribution in [2.45, 2.75) is 0 Å². The third-order valence-corrected chi connectivity index (χ3v) is 3.50. The van der Waals surface area contributed by atoms with Crippen LogP contribution in [0.1, 0.15) is 0 Å². The van der Waals surface area contributed by atoms with E-state index in [0.29, 0.717) is 11.7 Å². The monoisotopic (exact) mass is 283 g/mol. The minimum atomic E-state index is 0.243. The van der Waals surface area contributed by atoms with Gasteiger partial charge in [0.2, 0.25) is 12.7 Å². The van der Waals surface area contributed by atoms with Gasteiger partial charge in [-0.05, 0) is 24.3 Å². The largest absolute Gasteiger partial charge is 0.497 e. The molecule has 106 valence electrons. The van der Waals surface area contributed by atoms with Crippen LogP contribution in [0, 0.1) is 0 Å². The summed E-state index contributed by atoms with van der Waals surface area (Å²) in [6.45, 7) is 0.243. The third-order valence-electron chi connectivity index (χ3n) is 3.50. The molecule has 21 heavy (non-hydrogen) atoms. The van der Waals surface area contributed by atoms with Gasteiger partial charge in [-0.15, -0.1) is 0 Å². The topological polar surface area (TPSA) is 71.5 Å². The minimum Gasteiger partial charge on any atom is -0.497 e. The fraction of sp³-hybridized carbons (Fsp3) is 0.133. The molecule has 4 rings (SSSR count). The Morgan fingerprint density at radius 1 is 1.14 bits per heavy atom. The highest BCUT2D eigenvalue weighted by molar-refractivity contribution is 5.82. The van der Waals surface area contributed by atoms with Crippen molar-refractivity contribution >= 4 is 17.0 Å². The van der Waals surface area contributed by atoms with E-state index in [1.54, 1.807) is 7.11 Å². The van der Waals surface area contributed by atoms with E-state index in [4.69, 9.17) is 19.9 Å². The average molecular weight is 283 g/mol. The predicted octanol–water partition coefficient (Wildman–Crippen LogP) is 2.34. The summed E-state index contributed by atoms with van der Waals surface area (Å²) in [5, 5.41) is 0. The summed E-state index contributed by atoms with van der Waals surface area (Å²) in [5.41, 5.74) is 8.62. The summed E-state index contributed by atoms with van der Waals surface area (Å²) < 4.78 is 17.9. The Labute approximate surface area is 120 Å². The smallest absolute Gasteiger partial charge is 0.231 e. The molecule has 0 radical (unpaired) electrons. The molecule has 0 saturated carbocycles. The van der Waals surface area contributed by atoms with Gasteiger partial charge in [0, 0.05) is 12.1 Å². The quantitative estimate of drug-likeness (QED) is 0.781. The summed E-state index contributed by atoms with van der Waals surface area (Å²) in [6, 6.07) is 11.3. The maximum absolute atomic E-state index is 6.06. The lowest BCUT2D eigenvalue weighted by Crippen LogP contribution is -2.00. The van der Waals surface area contributed by atoms with Gasteiger partial charge >= 0.3 is 0 Å². The van der Waals surface area contributed by atoms with Crippen molar-refractivity contribution in [2.75, 3.05) is 19.6 Å². The molecule has 0 saturated heterocycles. The number of methoxy groups -OCH3 is 1. The van der Waals surface area contributed by atoms with Crippen molar-refractivity contribution in [1.82, 2.24) is 9.55 Å². The van der Waals surface area contributed by atoms with Gasteiger partial charge in [-0.2, -0.15) is 0 Å². The number of imidazole rings is 1. The highest BCUT2D eigenvalue weighted by Gasteiger charge is 2.17. The van der Waals surface area contributed by atoms with E-state index in [1.165, 1.54) is 0 Å². The van der Waals surface area contributed by atoms with Gasteiger partial charge in [0.15, 0.2) is 11.5 Å². The number of nitrogens with zero attached hydrogens (tertiary/aromatic N) is 2. The molecule has 2 aromatic carbocycles. The molecule has 0 unspecified atom stereocenters. The fourth-order valence-electron chi connectivity index (χ4n) is 2.50. The van der Waals surface area contributed by atoms with E-state index >= 15 is 0 Å². The lowest BCUT2D eigenvalue weighted by molar-refractivity contribution is 0.174. The maximum Gasteiger partial charge on any atom is 0.231 e. The average Bonchev–Trinajstić information content (AvgIpc) is 3.08. The molecule has 0 fully saturated rings. The number of hydrogen-bond acceptors (Lipinski definition) is 5. The molecule has 6 heteroatoms. The summed E-state index contributed by atoms with van der Waals surface area (Å²) in [5.74, 6) is 2.61. The first-order chi connectivity index (χ1) is 10.3. The van der Waals surface area contributed by atoms with Gasteiger partial charge in [-0.1, -0.05) is 0 Å². The lowest BCUT2D eigenvalue weighted by Gasteiger charge is -2.08. The van der Waals surface area contributed by atoms with Crippen molar-refractivity contribution in [1.29, 1.82) is 0 Å². The molecule has 6 nitrogen and oxygen atoms in total. The Balaban J connectivity index is 1.94. The maximum atomic E-state index is 6.06. The van der Waals surface area contributed by atoms with E-state index in [0.717, 1.165) is 28.2 Å². The summed E-state index contributed by atoms with van der Waals surface area (Å²) in [4.78, 5) is 4.37. The molecule has 0 amide bonds.